The molecule has 1 aliphatic heterocycles. The van der Waals surface area contributed by atoms with Gasteiger partial charge in [-0.25, -0.2) is 4.68 Å². The van der Waals surface area contributed by atoms with Crippen molar-refractivity contribution >= 4 is 0 Å². The predicted octanol–water partition coefficient (Wildman–Crippen LogP) is 2.25. The third-order valence-electron chi connectivity index (χ3n) is 3.07. The van der Waals surface area contributed by atoms with E-state index in [1.54, 1.807) is 6.20 Å². The lowest BCUT2D eigenvalue weighted by Crippen LogP contribution is -2.19. The fourth-order valence-corrected chi connectivity index (χ4v) is 2.08. The Hall–Kier alpha value is -1.81. The first-order chi connectivity index (χ1) is 8.92. The average molecular weight is 244 g/mol. The number of ether oxygens (including phenoxy) is 2. The van der Waals surface area contributed by atoms with Crippen molar-refractivity contribution in [3.8, 4) is 5.88 Å². The van der Waals surface area contributed by atoms with E-state index in [2.05, 4.69) is 17.2 Å². The van der Waals surface area contributed by atoms with Gasteiger partial charge in [0, 0.05) is 12.5 Å². The van der Waals surface area contributed by atoms with E-state index in [9.17, 15) is 0 Å². The van der Waals surface area contributed by atoms with E-state index in [-0.39, 0.29) is 6.10 Å². The molecule has 1 aliphatic rings. The third-order valence-corrected chi connectivity index (χ3v) is 3.07. The summed E-state index contributed by atoms with van der Waals surface area (Å²) in [5.41, 5.74) is 1.20. The fraction of sp³-hybridized carbons (Fsp3) is 0.357. The van der Waals surface area contributed by atoms with Gasteiger partial charge in [0.25, 0.3) is 0 Å². The molecule has 0 fully saturated rings. The minimum Gasteiger partial charge on any atom is -0.478 e. The molecule has 0 radical (unpaired) electrons. The monoisotopic (exact) mass is 244 g/mol. The third kappa shape index (κ3) is 2.54. The summed E-state index contributed by atoms with van der Waals surface area (Å²) in [7, 11) is 0. The van der Waals surface area contributed by atoms with Crippen molar-refractivity contribution in [2.24, 2.45) is 0 Å². The molecule has 0 saturated carbocycles. The Morgan fingerprint density at radius 1 is 1.28 bits per heavy atom. The van der Waals surface area contributed by atoms with E-state index in [1.807, 2.05) is 28.9 Å². The lowest BCUT2D eigenvalue weighted by Gasteiger charge is -2.14. The summed E-state index contributed by atoms with van der Waals surface area (Å²) in [5.74, 6) is 0.834. The molecular weight excluding hydrogens is 228 g/mol. The second kappa shape index (κ2) is 5.23. The highest BCUT2D eigenvalue weighted by Gasteiger charge is 2.17. The molecule has 1 aromatic carbocycles. The fourth-order valence-electron chi connectivity index (χ4n) is 2.08. The molecule has 0 bridgehead atoms. The van der Waals surface area contributed by atoms with Crippen LogP contribution >= 0.6 is 0 Å². The molecule has 1 atom stereocenters. The zero-order valence-electron chi connectivity index (χ0n) is 10.2. The maximum Gasteiger partial charge on any atom is 0.211 e. The minimum absolute atomic E-state index is 0.159. The Morgan fingerprint density at radius 3 is 3.06 bits per heavy atom. The Morgan fingerprint density at radius 2 is 2.17 bits per heavy atom. The lowest BCUT2D eigenvalue weighted by molar-refractivity contribution is 0.0221. The van der Waals surface area contributed by atoms with Gasteiger partial charge in [0.2, 0.25) is 5.88 Å². The minimum atomic E-state index is 0.159. The largest absolute Gasteiger partial charge is 0.478 e. The van der Waals surface area contributed by atoms with Crippen molar-refractivity contribution in [1.29, 1.82) is 0 Å². The van der Waals surface area contributed by atoms with E-state index in [1.165, 1.54) is 5.56 Å². The summed E-state index contributed by atoms with van der Waals surface area (Å²) < 4.78 is 13.4. The highest BCUT2D eigenvalue weighted by Crippen LogP contribution is 2.18. The predicted molar refractivity (Wildman–Crippen MR) is 67.4 cm³/mol. The molecule has 3 rings (SSSR count). The first kappa shape index (κ1) is 11.3. The Bertz CT molecular complexity index is 496. The molecule has 94 valence electrons. The molecule has 0 spiro atoms. The van der Waals surface area contributed by atoms with Crippen LogP contribution in [0.4, 0.5) is 0 Å². The van der Waals surface area contributed by atoms with E-state index in [0.29, 0.717) is 13.2 Å². The van der Waals surface area contributed by atoms with Gasteiger partial charge in [0.05, 0.1) is 32.1 Å². The van der Waals surface area contributed by atoms with Crippen LogP contribution in [0.5, 0.6) is 5.88 Å². The van der Waals surface area contributed by atoms with Crippen LogP contribution in [0.15, 0.2) is 42.6 Å². The molecule has 1 aromatic heterocycles. The van der Waals surface area contributed by atoms with Crippen LogP contribution in [0.2, 0.25) is 0 Å². The topological polar surface area (TPSA) is 36.3 Å². The molecule has 0 aliphatic carbocycles. The summed E-state index contributed by atoms with van der Waals surface area (Å²) in [4.78, 5) is 0. The van der Waals surface area contributed by atoms with Crippen molar-refractivity contribution in [2.45, 2.75) is 25.7 Å². The van der Waals surface area contributed by atoms with Gasteiger partial charge in [-0.15, -0.1) is 0 Å². The number of hydrogen-bond acceptors (Lipinski definition) is 3. The average Bonchev–Trinajstić information content (AvgIpc) is 2.76. The summed E-state index contributed by atoms with van der Waals surface area (Å²) in [5, 5.41) is 4.23. The number of hydrogen-bond donors (Lipinski definition) is 0. The van der Waals surface area contributed by atoms with Crippen molar-refractivity contribution in [2.75, 3.05) is 6.61 Å². The molecule has 0 N–H and O–H groups in total. The molecule has 4 heteroatoms. The van der Waals surface area contributed by atoms with Gasteiger partial charge in [-0.3, -0.25) is 0 Å². The Balaban J connectivity index is 1.61. The van der Waals surface area contributed by atoms with E-state index < -0.39 is 0 Å². The first-order valence-electron chi connectivity index (χ1n) is 6.22. The second-order valence-corrected chi connectivity index (χ2v) is 4.41. The van der Waals surface area contributed by atoms with Crippen LogP contribution in [0, 0.1) is 0 Å². The van der Waals surface area contributed by atoms with Crippen LogP contribution in [-0.4, -0.2) is 22.5 Å². The molecule has 0 saturated heterocycles. The van der Waals surface area contributed by atoms with Crippen molar-refractivity contribution < 1.29 is 9.47 Å². The number of fused-ring (bicyclic) bond motifs is 1. The highest BCUT2D eigenvalue weighted by atomic mass is 16.5. The van der Waals surface area contributed by atoms with Gasteiger partial charge in [0.1, 0.15) is 0 Å². The van der Waals surface area contributed by atoms with Gasteiger partial charge in [-0.1, -0.05) is 30.3 Å². The zero-order valence-corrected chi connectivity index (χ0v) is 10.2. The smallest absolute Gasteiger partial charge is 0.211 e. The summed E-state index contributed by atoms with van der Waals surface area (Å²) in [6.45, 7) is 2.09. The number of aromatic nitrogens is 2. The first-order valence-corrected chi connectivity index (χ1v) is 6.22. The van der Waals surface area contributed by atoms with Crippen molar-refractivity contribution in [3.05, 3.63) is 48.2 Å². The highest BCUT2D eigenvalue weighted by molar-refractivity contribution is 5.13. The van der Waals surface area contributed by atoms with Crippen LogP contribution in [-0.2, 0) is 17.9 Å². The summed E-state index contributed by atoms with van der Waals surface area (Å²) >= 11 is 0. The van der Waals surface area contributed by atoms with Crippen molar-refractivity contribution in [3.63, 3.8) is 0 Å². The van der Waals surface area contributed by atoms with Gasteiger partial charge < -0.3 is 9.47 Å². The molecule has 1 unspecified atom stereocenters. The molecule has 2 heterocycles. The molecule has 4 nitrogen and oxygen atoms in total. The van der Waals surface area contributed by atoms with E-state index >= 15 is 0 Å². The number of rotatable bonds is 3. The summed E-state index contributed by atoms with van der Waals surface area (Å²) in [6, 6.07) is 12.1. The molecular formula is C14H16N2O2. The number of benzene rings is 1. The second-order valence-electron chi connectivity index (χ2n) is 4.41. The molecule has 2 aromatic rings. The van der Waals surface area contributed by atoms with Crippen LogP contribution in [0.1, 0.15) is 12.0 Å². The van der Waals surface area contributed by atoms with Gasteiger partial charge >= 0.3 is 0 Å². The van der Waals surface area contributed by atoms with Gasteiger partial charge in [-0.2, -0.15) is 5.10 Å². The SMILES string of the molecule is c1ccc(COC2CCOc3ccnn3C2)cc1. The van der Waals surface area contributed by atoms with Gasteiger partial charge in [0.15, 0.2) is 0 Å². The van der Waals surface area contributed by atoms with Crippen LogP contribution < -0.4 is 4.74 Å². The maximum atomic E-state index is 5.93. The standard InChI is InChI=1S/C14H16N2O2/c1-2-4-12(5-3-1)11-18-13-7-9-17-14-6-8-15-16(14)10-13/h1-6,8,13H,7,9-11H2. The van der Waals surface area contributed by atoms with Crippen LogP contribution in [0.25, 0.3) is 0 Å². The van der Waals surface area contributed by atoms with Crippen LogP contribution in [0.3, 0.4) is 0 Å². The molecule has 18 heavy (non-hydrogen) atoms. The maximum absolute atomic E-state index is 5.93. The Kier molecular flexibility index (Phi) is 3.28. The van der Waals surface area contributed by atoms with Crippen molar-refractivity contribution in [1.82, 2.24) is 9.78 Å². The zero-order chi connectivity index (χ0) is 12.2. The van der Waals surface area contributed by atoms with E-state index in [4.69, 9.17) is 9.47 Å². The number of nitrogens with zero attached hydrogens (tertiary/aromatic N) is 2. The normalized spacial score (nSPS) is 18.8. The summed E-state index contributed by atoms with van der Waals surface area (Å²) in [6.07, 6.45) is 2.82. The lowest BCUT2D eigenvalue weighted by atomic mass is 10.2. The van der Waals surface area contributed by atoms with Gasteiger partial charge in [-0.05, 0) is 5.56 Å². The van der Waals surface area contributed by atoms with E-state index in [0.717, 1.165) is 18.8 Å². The quantitative estimate of drug-likeness (QED) is 0.831. The Labute approximate surface area is 106 Å². The molecule has 0 amide bonds.